The van der Waals surface area contributed by atoms with Gasteiger partial charge in [0.1, 0.15) is 11.9 Å². The van der Waals surface area contributed by atoms with E-state index in [1.54, 1.807) is 17.3 Å². The number of aliphatic hydroxyl groups is 1. The number of carbonyl (C=O) groups is 2. The summed E-state index contributed by atoms with van der Waals surface area (Å²) in [5.41, 5.74) is 11.6. The first-order valence-electron chi connectivity index (χ1n) is 12.5. The smallest absolute Gasteiger partial charge is 0.251 e. The van der Waals surface area contributed by atoms with Crippen LogP contribution in [0.1, 0.15) is 42.7 Å². The van der Waals surface area contributed by atoms with Crippen molar-refractivity contribution in [3.8, 4) is 22.4 Å². The van der Waals surface area contributed by atoms with Crippen LogP contribution in [-0.2, 0) is 11.2 Å². The van der Waals surface area contributed by atoms with Gasteiger partial charge in [0, 0.05) is 36.0 Å². The number of aromatic nitrogens is 4. The van der Waals surface area contributed by atoms with Gasteiger partial charge in [-0.2, -0.15) is 9.61 Å². The molecule has 37 heavy (non-hydrogen) atoms. The van der Waals surface area contributed by atoms with E-state index in [2.05, 4.69) is 10.1 Å². The first-order chi connectivity index (χ1) is 17.8. The lowest BCUT2D eigenvalue weighted by Gasteiger charge is -2.32. The number of amides is 1. The molecule has 4 aromatic rings. The SMILES string of the molecule is CC(=O)c1c(CC2CCN(C(=O)C(C)O)CC2)nc2c(-c3ccc(-c4ccccc4)nc3)cnn2c1N. The first kappa shape index (κ1) is 24.6. The average molecular weight is 499 g/mol. The summed E-state index contributed by atoms with van der Waals surface area (Å²) < 4.78 is 1.52. The Morgan fingerprint density at radius 3 is 2.43 bits per heavy atom. The second-order valence-electron chi connectivity index (χ2n) is 9.62. The molecule has 1 fully saturated rings. The van der Waals surface area contributed by atoms with Crippen molar-refractivity contribution >= 4 is 23.2 Å². The predicted molar refractivity (Wildman–Crippen MR) is 141 cm³/mol. The molecule has 9 nitrogen and oxygen atoms in total. The molecule has 1 unspecified atom stereocenters. The fourth-order valence-corrected chi connectivity index (χ4v) is 5.03. The number of aliphatic hydroxyl groups excluding tert-OH is 1. The molecule has 1 aliphatic heterocycles. The molecule has 1 atom stereocenters. The number of fused-ring (bicyclic) bond motifs is 1. The average Bonchev–Trinajstić information content (AvgIpc) is 3.33. The van der Waals surface area contributed by atoms with Gasteiger partial charge in [-0.05, 0) is 45.1 Å². The summed E-state index contributed by atoms with van der Waals surface area (Å²) in [5, 5.41) is 14.0. The van der Waals surface area contributed by atoms with Crippen molar-refractivity contribution in [3.05, 3.63) is 66.1 Å². The number of rotatable bonds is 6. The third-order valence-electron chi connectivity index (χ3n) is 7.02. The number of pyridine rings is 1. The highest BCUT2D eigenvalue weighted by Gasteiger charge is 2.28. The molecule has 0 saturated carbocycles. The molecule has 0 bridgehead atoms. The number of hydrogen-bond acceptors (Lipinski definition) is 7. The van der Waals surface area contributed by atoms with Crippen LogP contribution in [0.4, 0.5) is 5.82 Å². The minimum Gasteiger partial charge on any atom is -0.384 e. The zero-order valence-electron chi connectivity index (χ0n) is 21.0. The number of likely N-dealkylation sites (tertiary alicyclic amines) is 1. The standard InChI is InChI=1S/C28H30N6O3/c1-17(35)25-24(14-19-10-12-33(13-11-19)28(37)18(2)36)32-27-22(16-31-34(27)26(25)29)21-8-9-23(30-15-21)20-6-4-3-5-7-20/h3-9,15-16,18-19,36H,10-14,29H2,1-2H3. The molecule has 0 aliphatic carbocycles. The number of benzene rings is 1. The Balaban J connectivity index is 1.45. The van der Waals surface area contributed by atoms with Gasteiger partial charge in [0.05, 0.1) is 23.1 Å². The summed E-state index contributed by atoms with van der Waals surface area (Å²) in [6.07, 6.45) is 4.60. The van der Waals surface area contributed by atoms with Gasteiger partial charge in [-0.3, -0.25) is 14.6 Å². The third kappa shape index (κ3) is 4.82. The van der Waals surface area contributed by atoms with Crippen LogP contribution in [0.2, 0.25) is 0 Å². The second-order valence-corrected chi connectivity index (χ2v) is 9.62. The third-order valence-corrected chi connectivity index (χ3v) is 7.02. The van der Waals surface area contributed by atoms with E-state index in [0.29, 0.717) is 36.4 Å². The Bertz CT molecular complexity index is 1440. The van der Waals surface area contributed by atoms with E-state index in [1.807, 2.05) is 42.5 Å². The molecule has 0 radical (unpaired) electrons. The number of hydrogen-bond donors (Lipinski definition) is 2. The molecular weight excluding hydrogens is 468 g/mol. The van der Waals surface area contributed by atoms with Crippen LogP contribution in [0, 0.1) is 5.92 Å². The van der Waals surface area contributed by atoms with Gasteiger partial charge in [-0.25, -0.2) is 4.98 Å². The number of Topliss-reactive ketones (excluding diaryl/α,β-unsaturated/α-hetero) is 1. The van der Waals surface area contributed by atoms with Crippen molar-refractivity contribution < 1.29 is 14.7 Å². The number of nitrogens with zero attached hydrogens (tertiary/aromatic N) is 5. The minimum atomic E-state index is -0.999. The molecule has 0 spiro atoms. The zero-order chi connectivity index (χ0) is 26.1. The van der Waals surface area contributed by atoms with Crippen molar-refractivity contribution in [1.82, 2.24) is 24.5 Å². The fourth-order valence-electron chi connectivity index (χ4n) is 5.03. The van der Waals surface area contributed by atoms with Crippen molar-refractivity contribution in [2.45, 2.75) is 39.2 Å². The summed E-state index contributed by atoms with van der Waals surface area (Å²) in [5.74, 6) is 0.107. The Labute approximate surface area is 215 Å². The zero-order valence-corrected chi connectivity index (χ0v) is 21.0. The topological polar surface area (TPSA) is 127 Å². The Morgan fingerprint density at radius 2 is 1.81 bits per heavy atom. The highest BCUT2D eigenvalue weighted by molar-refractivity contribution is 6.00. The number of nitrogens with two attached hydrogens (primary N) is 1. The van der Waals surface area contributed by atoms with Crippen LogP contribution in [0.25, 0.3) is 28.0 Å². The Hall–Kier alpha value is -4.11. The lowest BCUT2D eigenvalue weighted by Crippen LogP contribution is -2.43. The molecule has 3 aromatic heterocycles. The van der Waals surface area contributed by atoms with E-state index in [-0.39, 0.29) is 23.4 Å². The molecular formula is C28H30N6O3. The van der Waals surface area contributed by atoms with E-state index in [0.717, 1.165) is 35.2 Å². The lowest BCUT2D eigenvalue weighted by molar-refractivity contribution is -0.140. The predicted octanol–water partition coefficient (Wildman–Crippen LogP) is 3.41. The van der Waals surface area contributed by atoms with Crippen LogP contribution in [0.15, 0.2) is 54.9 Å². The van der Waals surface area contributed by atoms with E-state index in [1.165, 1.54) is 18.4 Å². The van der Waals surface area contributed by atoms with Crippen molar-refractivity contribution in [2.24, 2.45) is 5.92 Å². The molecule has 3 N–H and O–H groups in total. The number of ketones is 1. The van der Waals surface area contributed by atoms with Gasteiger partial charge in [0.25, 0.3) is 5.91 Å². The lowest BCUT2D eigenvalue weighted by atomic mass is 9.90. The van der Waals surface area contributed by atoms with Gasteiger partial charge in [-0.15, -0.1) is 0 Å². The molecule has 190 valence electrons. The van der Waals surface area contributed by atoms with Gasteiger partial charge in [0.2, 0.25) is 0 Å². The summed E-state index contributed by atoms with van der Waals surface area (Å²) in [7, 11) is 0. The Kier molecular flexibility index (Phi) is 6.71. The summed E-state index contributed by atoms with van der Waals surface area (Å²) in [6.45, 7) is 4.12. The molecule has 1 saturated heterocycles. The normalized spacial score (nSPS) is 15.2. The van der Waals surface area contributed by atoms with E-state index >= 15 is 0 Å². The van der Waals surface area contributed by atoms with Gasteiger partial charge in [0.15, 0.2) is 11.4 Å². The number of carbonyl (C=O) groups excluding carboxylic acids is 2. The number of piperidine rings is 1. The molecule has 1 aromatic carbocycles. The van der Waals surface area contributed by atoms with Crippen LogP contribution in [0.5, 0.6) is 0 Å². The van der Waals surface area contributed by atoms with Crippen LogP contribution >= 0.6 is 0 Å². The fraction of sp³-hybridized carbons (Fsp3) is 0.321. The number of anilines is 1. The highest BCUT2D eigenvalue weighted by Crippen LogP contribution is 2.31. The van der Waals surface area contributed by atoms with Gasteiger partial charge in [-0.1, -0.05) is 36.4 Å². The quantitative estimate of drug-likeness (QED) is 0.390. The number of nitrogen functional groups attached to an aromatic ring is 1. The van der Waals surface area contributed by atoms with E-state index in [4.69, 9.17) is 10.7 Å². The monoisotopic (exact) mass is 498 g/mol. The van der Waals surface area contributed by atoms with Gasteiger partial charge >= 0.3 is 0 Å². The largest absolute Gasteiger partial charge is 0.384 e. The molecule has 5 rings (SSSR count). The summed E-state index contributed by atoms with van der Waals surface area (Å²) in [4.78, 5) is 35.9. The first-order valence-corrected chi connectivity index (χ1v) is 12.5. The maximum Gasteiger partial charge on any atom is 0.251 e. The molecule has 1 amide bonds. The molecule has 9 heteroatoms. The minimum absolute atomic E-state index is 0.158. The summed E-state index contributed by atoms with van der Waals surface area (Å²) in [6, 6.07) is 13.9. The van der Waals surface area contributed by atoms with Gasteiger partial charge < -0.3 is 15.7 Å². The van der Waals surface area contributed by atoms with Crippen molar-refractivity contribution in [1.29, 1.82) is 0 Å². The maximum absolute atomic E-state index is 12.6. The maximum atomic E-state index is 12.6. The van der Waals surface area contributed by atoms with Crippen LogP contribution < -0.4 is 5.73 Å². The molecule has 1 aliphatic rings. The van der Waals surface area contributed by atoms with Crippen LogP contribution in [-0.4, -0.2) is 60.5 Å². The molecule has 4 heterocycles. The summed E-state index contributed by atoms with van der Waals surface area (Å²) >= 11 is 0. The van der Waals surface area contributed by atoms with E-state index in [9.17, 15) is 14.7 Å². The van der Waals surface area contributed by atoms with Crippen LogP contribution in [0.3, 0.4) is 0 Å². The van der Waals surface area contributed by atoms with Crippen molar-refractivity contribution in [2.75, 3.05) is 18.8 Å². The Morgan fingerprint density at radius 1 is 1.08 bits per heavy atom. The second kappa shape index (κ2) is 10.1. The van der Waals surface area contributed by atoms with E-state index < -0.39 is 6.10 Å². The highest BCUT2D eigenvalue weighted by atomic mass is 16.3. The van der Waals surface area contributed by atoms with Crippen molar-refractivity contribution in [3.63, 3.8) is 0 Å².